The number of hydrogen-bond acceptors (Lipinski definition) is 3. The van der Waals surface area contributed by atoms with Crippen LogP contribution in [0.15, 0.2) is 4.47 Å². The molecule has 1 saturated carbocycles. The minimum absolute atomic E-state index is 0.990. The van der Waals surface area contributed by atoms with Gasteiger partial charge in [0.15, 0.2) is 0 Å². The number of nitrogens with zero attached hydrogens (tertiary/aromatic N) is 4. The van der Waals surface area contributed by atoms with E-state index in [1.807, 2.05) is 4.68 Å². The third kappa shape index (κ3) is 3.26. The van der Waals surface area contributed by atoms with Crippen molar-refractivity contribution in [3.63, 3.8) is 0 Å². The predicted molar refractivity (Wildman–Crippen MR) is 84.7 cm³/mol. The molecule has 1 aromatic rings. The van der Waals surface area contributed by atoms with Crippen LogP contribution in [0.1, 0.15) is 31.2 Å². The Balaban J connectivity index is 1.55. The Labute approximate surface area is 130 Å². The lowest BCUT2D eigenvalue weighted by atomic mass is 10.2. The second-order valence-corrected chi connectivity index (χ2v) is 7.00. The summed E-state index contributed by atoms with van der Waals surface area (Å²) >= 11 is 3.72. The first kappa shape index (κ1) is 14.5. The zero-order valence-electron chi connectivity index (χ0n) is 12.6. The van der Waals surface area contributed by atoms with Crippen molar-refractivity contribution in [2.45, 2.75) is 32.7 Å². The second kappa shape index (κ2) is 6.16. The van der Waals surface area contributed by atoms with Gasteiger partial charge in [0.2, 0.25) is 0 Å². The molecule has 3 rings (SSSR count). The first-order chi connectivity index (χ1) is 9.67. The zero-order chi connectivity index (χ0) is 14.1. The van der Waals surface area contributed by atoms with Gasteiger partial charge in [-0.2, -0.15) is 5.10 Å². The molecule has 0 aromatic carbocycles. The Morgan fingerprint density at radius 2 is 1.80 bits per heavy atom. The number of aryl methyl sites for hydroxylation is 2. The molecule has 1 saturated heterocycles. The van der Waals surface area contributed by atoms with Gasteiger partial charge >= 0.3 is 0 Å². The molecule has 0 radical (unpaired) electrons. The number of aromatic nitrogens is 2. The standard InChI is InChI=1S/C15H25BrN4/c1-3-13-15(16)14(18(2)17-13)11-20-8-6-19(7-9-20)10-12-4-5-12/h12H,3-11H2,1-2H3. The summed E-state index contributed by atoms with van der Waals surface area (Å²) < 4.78 is 3.25. The Hall–Kier alpha value is -0.390. The molecule has 1 aliphatic heterocycles. The first-order valence-electron chi connectivity index (χ1n) is 7.82. The average Bonchev–Trinajstić information content (AvgIpc) is 3.22. The van der Waals surface area contributed by atoms with E-state index in [0.29, 0.717) is 0 Å². The van der Waals surface area contributed by atoms with Crippen LogP contribution in [0.25, 0.3) is 0 Å². The summed E-state index contributed by atoms with van der Waals surface area (Å²) in [5.41, 5.74) is 2.49. The predicted octanol–water partition coefficient (Wildman–Crippen LogP) is 2.27. The van der Waals surface area contributed by atoms with Gasteiger partial charge in [0, 0.05) is 46.3 Å². The summed E-state index contributed by atoms with van der Waals surface area (Å²) in [6.45, 7) is 9.34. The van der Waals surface area contributed by atoms with Gasteiger partial charge in [0.05, 0.1) is 15.9 Å². The maximum Gasteiger partial charge on any atom is 0.0767 e. The van der Waals surface area contributed by atoms with Gasteiger partial charge < -0.3 is 4.90 Å². The van der Waals surface area contributed by atoms with E-state index < -0.39 is 0 Å². The van der Waals surface area contributed by atoms with Gasteiger partial charge in [-0.05, 0) is 41.1 Å². The molecule has 20 heavy (non-hydrogen) atoms. The number of hydrogen-bond donors (Lipinski definition) is 0. The SMILES string of the molecule is CCc1nn(C)c(CN2CCN(CC3CC3)CC2)c1Br. The van der Waals surface area contributed by atoms with Crippen molar-refractivity contribution in [2.24, 2.45) is 13.0 Å². The normalized spacial score (nSPS) is 21.6. The molecule has 0 amide bonds. The van der Waals surface area contributed by atoms with E-state index in [1.165, 1.54) is 61.4 Å². The smallest absolute Gasteiger partial charge is 0.0767 e. The molecule has 0 N–H and O–H groups in total. The van der Waals surface area contributed by atoms with Crippen molar-refractivity contribution >= 4 is 15.9 Å². The van der Waals surface area contributed by atoms with Crippen molar-refractivity contribution in [1.82, 2.24) is 19.6 Å². The van der Waals surface area contributed by atoms with Crippen molar-refractivity contribution in [2.75, 3.05) is 32.7 Å². The second-order valence-electron chi connectivity index (χ2n) is 6.20. The molecule has 0 bridgehead atoms. The minimum atomic E-state index is 0.990. The third-order valence-corrected chi connectivity index (χ3v) is 5.47. The average molecular weight is 341 g/mol. The van der Waals surface area contributed by atoms with Crippen LogP contribution >= 0.6 is 15.9 Å². The van der Waals surface area contributed by atoms with Crippen molar-refractivity contribution in [3.8, 4) is 0 Å². The maximum absolute atomic E-state index is 4.59. The molecule has 112 valence electrons. The monoisotopic (exact) mass is 340 g/mol. The van der Waals surface area contributed by atoms with Crippen molar-refractivity contribution in [3.05, 3.63) is 15.9 Å². The molecule has 5 heteroatoms. The van der Waals surface area contributed by atoms with Crippen LogP contribution in [0.2, 0.25) is 0 Å². The van der Waals surface area contributed by atoms with Gasteiger partial charge in [-0.15, -0.1) is 0 Å². The van der Waals surface area contributed by atoms with E-state index in [-0.39, 0.29) is 0 Å². The molecule has 4 nitrogen and oxygen atoms in total. The number of halogens is 1. The van der Waals surface area contributed by atoms with Gasteiger partial charge in [0.1, 0.15) is 0 Å². The van der Waals surface area contributed by atoms with E-state index in [9.17, 15) is 0 Å². The van der Waals surface area contributed by atoms with Gasteiger partial charge in [-0.3, -0.25) is 9.58 Å². The van der Waals surface area contributed by atoms with Crippen LogP contribution in [-0.4, -0.2) is 52.3 Å². The van der Waals surface area contributed by atoms with Crippen LogP contribution < -0.4 is 0 Å². The molecule has 1 aliphatic carbocycles. The summed E-state index contributed by atoms with van der Waals surface area (Å²) in [5.74, 6) is 1.01. The molecule has 0 unspecified atom stereocenters. The zero-order valence-corrected chi connectivity index (χ0v) is 14.2. The molecule has 0 atom stereocenters. The lowest BCUT2D eigenvalue weighted by Gasteiger charge is -2.34. The van der Waals surface area contributed by atoms with E-state index >= 15 is 0 Å². The quantitative estimate of drug-likeness (QED) is 0.821. The van der Waals surface area contributed by atoms with Crippen LogP contribution in [0.3, 0.4) is 0 Å². The fourth-order valence-corrected chi connectivity index (χ4v) is 3.74. The summed E-state index contributed by atoms with van der Waals surface area (Å²) in [5, 5.41) is 4.59. The Bertz CT molecular complexity index is 459. The minimum Gasteiger partial charge on any atom is -0.301 e. The lowest BCUT2D eigenvalue weighted by molar-refractivity contribution is 0.121. The van der Waals surface area contributed by atoms with Crippen LogP contribution in [0.5, 0.6) is 0 Å². The number of piperazine rings is 1. The Morgan fingerprint density at radius 3 is 2.35 bits per heavy atom. The molecule has 2 heterocycles. The highest BCUT2D eigenvalue weighted by Gasteiger charge is 2.27. The molecule has 2 aliphatic rings. The molecular weight excluding hydrogens is 316 g/mol. The molecule has 1 aromatic heterocycles. The number of rotatable bonds is 5. The van der Waals surface area contributed by atoms with E-state index in [0.717, 1.165) is 18.9 Å². The highest BCUT2D eigenvalue weighted by molar-refractivity contribution is 9.10. The van der Waals surface area contributed by atoms with Crippen LogP contribution in [-0.2, 0) is 20.0 Å². The topological polar surface area (TPSA) is 24.3 Å². The third-order valence-electron chi connectivity index (χ3n) is 4.55. The fraction of sp³-hybridized carbons (Fsp3) is 0.800. The first-order valence-corrected chi connectivity index (χ1v) is 8.61. The summed E-state index contributed by atoms with van der Waals surface area (Å²) in [4.78, 5) is 5.20. The van der Waals surface area contributed by atoms with E-state index in [2.05, 4.69) is 44.8 Å². The van der Waals surface area contributed by atoms with Crippen LogP contribution in [0, 0.1) is 5.92 Å². The highest BCUT2D eigenvalue weighted by Crippen LogP contribution is 2.30. The van der Waals surface area contributed by atoms with Crippen molar-refractivity contribution < 1.29 is 0 Å². The Morgan fingerprint density at radius 1 is 1.15 bits per heavy atom. The molecular formula is C15H25BrN4. The molecule has 2 fully saturated rings. The summed E-state index contributed by atoms with van der Waals surface area (Å²) in [6, 6.07) is 0. The summed E-state index contributed by atoms with van der Waals surface area (Å²) in [7, 11) is 2.06. The fourth-order valence-electron chi connectivity index (χ4n) is 3.00. The maximum atomic E-state index is 4.59. The van der Waals surface area contributed by atoms with E-state index in [1.54, 1.807) is 0 Å². The van der Waals surface area contributed by atoms with Crippen molar-refractivity contribution in [1.29, 1.82) is 0 Å². The largest absolute Gasteiger partial charge is 0.301 e. The molecule has 0 spiro atoms. The van der Waals surface area contributed by atoms with Gasteiger partial charge in [-0.25, -0.2) is 0 Å². The van der Waals surface area contributed by atoms with Gasteiger partial charge in [-0.1, -0.05) is 6.92 Å². The summed E-state index contributed by atoms with van der Waals surface area (Å²) in [6.07, 6.45) is 3.91. The van der Waals surface area contributed by atoms with Gasteiger partial charge in [0.25, 0.3) is 0 Å². The van der Waals surface area contributed by atoms with Crippen LogP contribution in [0.4, 0.5) is 0 Å². The lowest BCUT2D eigenvalue weighted by Crippen LogP contribution is -2.46. The van der Waals surface area contributed by atoms with E-state index in [4.69, 9.17) is 0 Å². The highest BCUT2D eigenvalue weighted by atomic mass is 79.9. The Kier molecular flexibility index (Phi) is 4.48.